The van der Waals surface area contributed by atoms with Gasteiger partial charge in [-0.15, -0.1) is 0 Å². The highest BCUT2D eigenvalue weighted by Crippen LogP contribution is 2.39. The van der Waals surface area contributed by atoms with Crippen LogP contribution in [0, 0.1) is 11.1 Å². The van der Waals surface area contributed by atoms with E-state index in [9.17, 15) is 44.4 Å². The summed E-state index contributed by atoms with van der Waals surface area (Å²) in [7, 11) is -1.34. The van der Waals surface area contributed by atoms with Gasteiger partial charge in [-0.2, -0.15) is 26.3 Å². The van der Waals surface area contributed by atoms with Crippen LogP contribution in [-0.4, -0.2) is 64.0 Å². The standard InChI is InChI=1S/C15H27F7N2O3S/c1-13(16,15(20,21)22)8-4-6-12(14(17,18)19)7-11-28(26,27)23-9-5-10-24(2,3)25/h12,23H,4-11H2,1-3H3. The Kier molecular flexibility index (Phi) is 9.66. The van der Waals surface area contributed by atoms with Gasteiger partial charge in [0.1, 0.15) is 0 Å². The van der Waals surface area contributed by atoms with Gasteiger partial charge >= 0.3 is 12.4 Å². The number of sulfonamides is 1. The fourth-order valence-corrected chi connectivity index (χ4v) is 3.55. The maximum Gasteiger partial charge on any atom is 0.422 e. The predicted molar refractivity (Wildman–Crippen MR) is 90.3 cm³/mol. The van der Waals surface area contributed by atoms with E-state index < -0.39 is 70.0 Å². The highest BCUT2D eigenvalue weighted by Gasteiger charge is 2.51. The van der Waals surface area contributed by atoms with Crippen LogP contribution in [0.1, 0.15) is 39.0 Å². The Morgan fingerprint density at radius 1 is 1.00 bits per heavy atom. The summed E-state index contributed by atoms with van der Waals surface area (Å²) in [6.45, 7) is 0.246. The highest BCUT2D eigenvalue weighted by atomic mass is 32.2. The number of quaternary nitrogens is 1. The highest BCUT2D eigenvalue weighted by molar-refractivity contribution is 7.89. The summed E-state index contributed by atoms with van der Waals surface area (Å²) < 4.78 is 115. The van der Waals surface area contributed by atoms with Crippen LogP contribution >= 0.6 is 0 Å². The normalized spacial score (nSPS) is 17.4. The van der Waals surface area contributed by atoms with Gasteiger partial charge < -0.3 is 9.85 Å². The predicted octanol–water partition coefficient (Wildman–Crippen LogP) is 3.90. The smallest absolute Gasteiger partial charge is 0.422 e. The zero-order valence-corrected chi connectivity index (χ0v) is 16.8. The molecule has 13 heteroatoms. The first-order valence-corrected chi connectivity index (χ1v) is 10.3. The van der Waals surface area contributed by atoms with E-state index in [1.807, 2.05) is 0 Å². The minimum Gasteiger partial charge on any atom is -0.633 e. The number of hydrogen-bond acceptors (Lipinski definition) is 3. The molecule has 0 saturated heterocycles. The molecule has 0 radical (unpaired) electrons. The van der Waals surface area contributed by atoms with Crippen molar-refractivity contribution in [2.24, 2.45) is 5.92 Å². The van der Waals surface area contributed by atoms with Crippen molar-refractivity contribution in [2.45, 2.75) is 57.0 Å². The number of rotatable bonds is 12. The van der Waals surface area contributed by atoms with Gasteiger partial charge in [-0.3, -0.25) is 0 Å². The molecule has 0 aliphatic rings. The number of nitrogens with one attached hydrogen (secondary N) is 1. The molecular weight excluding hydrogens is 421 g/mol. The summed E-state index contributed by atoms with van der Waals surface area (Å²) in [5, 5.41) is 11.3. The third-order valence-corrected chi connectivity index (χ3v) is 5.60. The molecule has 170 valence electrons. The fourth-order valence-electron chi connectivity index (χ4n) is 2.35. The molecule has 0 spiro atoms. The summed E-state index contributed by atoms with van der Waals surface area (Å²) in [6, 6.07) is 0. The summed E-state index contributed by atoms with van der Waals surface area (Å²) in [6.07, 6.45) is -13.3. The number of halogens is 7. The van der Waals surface area contributed by atoms with E-state index in [4.69, 9.17) is 0 Å². The van der Waals surface area contributed by atoms with Crippen LogP contribution in [0.2, 0.25) is 0 Å². The molecule has 28 heavy (non-hydrogen) atoms. The van der Waals surface area contributed by atoms with Crippen molar-refractivity contribution in [3.8, 4) is 0 Å². The molecule has 0 bridgehead atoms. The summed E-state index contributed by atoms with van der Waals surface area (Å²) in [5.41, 5.74) is -3.61. The summed E-state index contributed by atoms with van der Waals surface area (Å²) >= 11 is 0. The topological polar surface area (TPSA) is 69.2 Å². The zero-order chi connectivity index (χ0) is 22.4. The van der Waals surface area contributed by atoms with Crippen LogP contribution in [0.4, 0.5) is 30.7 Å². The van der Waals surface area contributed by atoms with Crippen molar-refractivity contribution in [3.05, 3.63) is 5.21 Å². The molecule has 0 aliphatic carbocycles. The second-order valence-electron chi connectivity index (χ2n) is 7.48. The molecule has 0 saturated carbocycles. The molecule has 5 nitrogen and oxygen atoms in total. The van der Waals surface area contributed by atoms with E-state index in [2.05, 4.69) is 4.72 Å². The van der Waals surface area contributed by atoms with Crippen molar-refractivity contribution >= 4 is 10.0 Å². The first-order valence-electron chi connectivity index (χ1n) is 8.60. The average molecular weight is 448 g/mol. The Hall–Kier alpha value is -0.660. The van der Waals surface area contributed by atoms with Gasteiger partial charge in [-0.05, 0) is 32.6 Å². The number of hydrogen-bond donors (Lipinski definition) is 1. The monoisotopic (exact) mass is 448 g/mol. The first kappa shape index (κ1) is 27.3. The van der Waals surface area contributed by atoms with Gasteiger partial charge in [0.15, 0.2) is 0 Å². The van der Waals surface area contributed by atoms with Crippen LogP contribution in [0.3, 0.4) is 0 Å². The maximum absolute atomic E-state index is 13.4. The molecule has 2 unspecified atom stereocenters. The minimum absolute atomic E-state index is 0.106. The quantitative estimate of drug-likeness (QED) is 0.213. The van der Waals surface area contributed by atoms with Gasteiger partial charge in [0.25, 0.3) is 0 Å². The van der Waals surface area contributed by atoms with Crippen LogP contribution in [0.25, 0.3) is 0 Å². The molecule has 0 aromatic rings. The third kappa shape index (κ3) is 11.4. The zero-order valence-electron chi connectivity index (χ0n) is 16.0. The average Bonchev–Trinajstić information content (AvgIpc) is 2.43. The van der Waals surface area contributed by atoms with Gasteiger partial charge in [0.05, 0.1) is 32.3 Å². The summed E-state index contributed by atoms with van der Waals surface area (Å²) in [5.74, 6) is -3.04. The Balaban J connectivity index is 4.61. The minimum atomic E-state index is -5.19. The first-order chi connectivity index (χ1) is 12.3. The van der Waals surface area contributed by atoms with Crippen LogP contribution in [-0.2, 0) is 10.0 Å². The molecule has 2 atom stereocenters. The van der Waals surface area contributed by atoms with E-state index in [1.165, 1.54) is 14.1 Å². The van der Waals surface area contributed by atoms with Crippen LogP contribution < -0.4 is 4.72 Å². The van der Waals surface area contributed by atoms with E-state index in [1.54, 1.807) is 0 Å². The second-order valence-corrected chi connectivity index (χ2v) is 9.41. The lowest BCUT2D eigenvalue weighted by atomic mass is 9.93. The lowest BCUT2D eigenvalue weighted by Crippen LogP contribution is -2.38. The van der Waals surface area contributed by atoms with Crippen molar-refractivity contribution in [1.82, 2.24) is 4.72 Å². The Morgan fingerprint density at radius 3 is 1.96 bits per heavy atom. The van der Waals surface area contributed by atoms with Gasteiger partial charge in [0.2, 0.25) is 15.7 Å². The molecule has 0 aromatic heterocycles. The number of alkyl halides is 7. The van der Waals surface area contributed by atoms with Crippen molar-refractivity contribution in [3.63, 3.8) is 0 Å². The summed E-state index contributed by atoms with van der Waals surface area (Å²) in [4.78, 5) is 0. The molecular formula is C15H27F7N2O3S. The molecule has 1 N–H and O–H groups in total. The Bertz CT molecular complexity index is 570. The molecule has 0 aromatic carbocycles. The van der Waals surface area contributed by atoms with Crippen molar-refractivity contribution in [1.29, 1.82) is 0 Å². The Morgan fingerprint density at radius 2 is 1.54 bits per heavy atom. The molecule has 0 aliphatic heterocycles. The van der Waals surface area contributed by atoms with Crippen molar-refractivity contribution in [2.75, 3.05) is 32.9 Å². The van der Waals surface area contributed by atoms with E-state index in [0.29, 0.717) is 0 Å². The third-order valence-electron chi connectivity index (χ3n) is 4.18. The second kappa shape index (κ2) is 9.90. The van der Waals surface area contributed by atoms with E-state index in [-0.39, 0.29) is 26.4 Å². The van der Waals surface area contributed by atoms with Gasteiger partial charge in [-0.1, -0.05) is 0 Å². The van der Waals surface area contributed by atoms with E-state index in [0.717, 1.165) is 0 Å². The number of hydroxylamine groups is 3. The van der Waals surface area contributed by atoms with Gasteiger partial charge in [0, 0.05) is 13.0 Å². The fraction of sp³-hybridized carbons (Fsp3) is 1.00. The molecule has 0 fully saturated rings. The van der Waals surface area contributed by atoms with Gasteiger partial charge in [-0.25, -0.2) is 17.5 Å². The Labute approximate surface area is 160 Å². The van der Waals surface area contributed by atoms with Crippen LogP contribution in [0.5, 0.6) is 0 Å². The maximum atomic E-state index is 13.4. The largest absolute Gasteiger partial charge is 0.633 e. The lowest BCUT2D eigenvalue weighted by Gasteiger charge is -2.33. The lowest BCUT2D eigenvalue weighted by molar-refractivity contribution is -0.840. The van der Waals surface area contributed by atoms with Crippen molar-refractivity contribution < 1.29 is 43.8 Å². The molecule has 0 amide bonds. The molecule has 0 rings (SSSR count). The number of nitrogens with zero attached hydrogens (tertiary/aromatic N) is 1. The molecule has 0 heterocycles. The SMILES string of the molecule is CC(F)(CCCC(CCS(=O)(=O)NCCC[N+](C)(C)[O-])C(F)(F)F)C(F)(F)F. The van der Waals surface area contributed by atoms with Crippen LogP contribution in [0.15, 0.2) is 0 Å². The van der Waals surface area contributed by atoms with E-state index >= 15 is 0 Å².